The smallest absolute Gasteiger partial charge is 0.272 e. The van der Waals surface area contributed by atoms with E-state index in [-0.39, 0.29) is 16.6 Å². The van der Waals surface area contributed by atoms with Gasteiger partial charge in [0, 0.05) is 16.1 Å². The van der Waals surface area contributed by atoms with Gasteiger partial charge in [0.1, 0.15) is 11.4 Å². The van der Waals surface area contributed by atoms with Crippen molar-refractivity contribution in [3.63, 3.8) is 0 Å². The molecular weight excluding hydrogens is 593 g/mol. The van der Waals surface area contributed by atoms with Crippen molar-refractivity contribution in [2.75, 3.05) is 17.7 Å². The molecule has 0 aliphatic carbocycles. The number of hydrogen-bond acceptors (Lipinski definition) is 5. The predicted octanol–water partition coefficient (Wildman–Crippen LogP) is 7.53. The van der Waals surface area contributed by atoms with Gasteiger partial charge in [0.2, 0.25) is 5.91 Å². The highest BCUT2D eigenvalue weighted by Crippen LogP contribution is 2.30. The predicted molar refractivity (Wildman–Crippen MR) is 170 cm³/mol. The van der Waals surface area contributed by atoms with Crippen LogP contribution in [0.2, 0.25) is 10.0 Å². The summed E-state index contributed by atoms with van der Waals surface area (Å²) in [6, 6.07) is 27.8. The van der Waals surface area contributed by atoms with Crippen molar-refractivity contribution in [3.05, 3.63) is 124 Å². The lowest BCUT2D eigenvalue weighted by atomic mass is 10.1. The molecule has 0 bridgehead atoms. The molecule has 10 heteroatoms. The number of ether oxygens (including phenoxy) is 1. The minimum atomic E-state index is -0.570. The number of benzene rings is 4. The molecule has 3 N–H and O–H groups in total. The fourth-order valence-electron chi connectivity index (χ4n) is 3.82. The number of nitrogens with one attached hydrogen (secondary N) is 3. The van der Waals surface area contributed by atoms with E-state index in [1.807, 2.05) is 18.2 Å². The summed E-state index contributed by atoms with van der Waals surface area (Å²) >= 11 is 13.8. The lowest BCUT2D eigenvalue weighted by Gasteiger charge is -2.15. The van der Waals surface area contributed by atoms with Gasteiger partial charge < -0.3 is 20.7 Å². The summed E-state index contributed by atoms with van der Waals surface area (Å²) in [5, 5.41) is 8.50. The maximum atomic E-state index is 13.4. The fraction of sp³-hybridized carbons (Fsp3) is 0.0938. The zero-order valence-electron chi connectivity index (χ0n) is 22.7. The average Bonchev–Trinajstić information content (AvgIpc) is 2.99. The molecule has 0 radical (unpaired) electrons. The van der Waals surface area contributed by atoms with Crippen LogP contribution in [0, 0.1) is 0 Å². The van der Waals surface area contributed by atoms with Gasteiger partial charge in [-0.2, -0.15) is 0 Å². The van der Waals surface area contributed by atoms with E-state index in [2.05, 4.69) is 16.0 Å². The second kappa shape index (κ2) is 14.6. The number of amides is 3. The maximum Gasteiger partial charge on any atom is 0.272 e. The zero-order valence-corrected chi connectivity index (χ0v) is 25.0. The molecule has 0 saturated carbocycles. The molecule has 1 unspecified atom stereocenters. The lowest BCUT2D eigenvalue weighted by Crippen LogP contribution is -2.30. The van der Waals surface area contributed by atoms with Crippen LogP contribution in [0.25, 0.3) is 6.08 Å². The highest BCUT2D eigenvalue weighted by molar-refractivity contribution is 8.00. The first kappa shape index (κ1) is 30.7. The monoisotopic (exact) mass is 619 g/mol. The van der Waals surface area contributed by atoms with Crippen molar-refractivity contribution in [1.82, 2.24) is 5.32 Å². The third kappa shape index (κ3) is 8.16. The Balaban J connectivity index is 1.51. The van der Waals surface area contributed by atoms with Crippen LogP contribution in [0.1, 0.15) is 22.8 Å². The van der Waals surface area contributed by atoms with E-state index in [9.17, 15) is 14.4 Å². The average molecular weight is 621 g/mol. The van der Waals surface area contributed by atoms with Gasteiger partial charge in [0.15, 0.2) is 0 Å². The number of carbonyl (C=O) groups excluding carboxylic acids is 3. The number of carbonyl (C=O) groups is 3. The van der Waals surface area contributed by atoms with Gasteiger partial charge in [-0.3, -0.25) is 14.4 Å². The summed E-state index contributed by atoms with van der Waals surface area (Å²) in [4.78, 5) is 40.0. The number of para-hydroxylation sites is 2. The van der Waals surface area contributed by atoms with Crippen LogP contribution >= 0.6 is 35.0 Å². The summed E-state index contributed by atoms with van der Waals surface area (Å²) in [5.74, 6) is -0.671. The summed E-state index contributed by atoms with van der Waals surface area (Å²) in [6.45, 7) is 1.79. The molecule has 0 spiro atoms. The highest BCUT2D eigenvalue weighted by atomic mass is 35.5. The first-order chi connectivity index (χ1) is 20.2. The molecule has 7 nitrogen and oxygen atoms in total. The van der Waals surface area contributed by atoms with E-state index in [4.69, 9.17) is 27.9 Å². The first-order valence-electron chi connectivity index (χ1n) is 12.8. The van der Waals surface area contributed by atoms with Crippen LogP contribution in [0.3, 0.4) is 0 Å². The van der Waals surface area contributed by atoms with Gasteiger partial charge >= 0.3 is 0 Å². The third-order valence-corrected chi connectivity index (χ3v) is 7.88. The Morgan fingerprint density at radius 1 is 0.857 bits per heavy atom. The Kier molecular flexibility index (Phi) is 10.7. The van der Waals surface area contributed by atoms with Gasteiger partial charge in [-0.25, -0.2) is 0 Å². The number of hydrogen-bond donors (Lipinski definition) is 3. The minimum absolute atomic E-state index is 0.0318. The quantitative estimate of drug-likeness (QED) is 0.126. The number of rotatable bonds is 10. The molecule has 3 amide bonds. The maximum absolute atomic E-state index is 13.4. The van der Waals surface area contributed by atoms with E-state index < -0.39 is 17.1 Å². The van der Waals surface area contributed by atoms with Crippen molar-refractivity contribution in [1.29, 1.82) is 0 Å². The molecule has 0 heterocycles. The largest absolute Gasteiger partial charge is 0.495 e. The van der Waals surface area contributed by atoms with E-state index in [0.717, 1.165) is 4.90 Å². The number of anilines is 2. The summed E-state index contributed by atoms with van der Waals surface area (Å²) < 4.78 is 5.31. The number of halogens is 2. The van der Waals surface area contributed by atoms with E-state index in [1.165, 1.54) is 17.8 Å². The van der Waals surface area contributed by atoms with E-state index >= 15 is 0 Å². The molecular formula is C32H27Cl2N3O4S. The molecule has 4 aromatic carbocycles. The summed E-state index contributed by atoms with van der Waals surface area (Å²) in [6.07, 6.45) is 1.47. The fourth-order valence-corrected chi connectivity index (χ4v) is 5.10. The minimum Gasteiger partial charge on any atom is -0.495 e. The van der Waals surface area contributed by atoms with Crippen molar-refractivity contribution in [3.8, 4) is 5.75 Å². The van der Waals surface area contributed by atoms with Crippen molar-refractivity contribution in [2.45, 2.75) is 17.1 Å². The molecule has 214 valence electrons. The Labute approximate surface area is 258 Å². The topological polar surface area (TPSA) is 96.5 Å². The third-order valence-electron chi connectivity index (χ3n) is 5.95. The molecule has 0 aliphatic rings. The highest BCUT2D eigenvalue weighted by Gasteiger charge is 2.19. The Hall–Kier alpha value is -4.24. The van der Waals surface area contributed by atoms with Crippen molar-refractivity contribution >= 4 is 70.1 Å². The van der Waals surface area contributed by atoms with Crippen molar-refractivity contribution in [2.24, 2.45) is 0 Å². The lowest BCUT2D eigenvalue weighted by molar-refractivity contribution is -0.115. The van der Waals surface area contributed by atoms with Gasteiger partial charge in [0.05, 0.1) is 28.1 Å². The van der Waals surface area contributed by atoms with Crippen LogP contribution in [0.5, 0.6) is 5.75 Å². The zero-order chi connectivity index (χ0) is 30.1. The summed E-state index contributed by atoms with van der Waals surface area (Å²) in [7, 11) is 1.54. The molecule has 1 atom stereocenters. The van der Waals surface area contributed by atoms with E-state index in [1.54, 1.807) is 92.9 Å². The van der Waals surface area contributed by atoms with Crippen LogP contribution in [0.4, 0.5) is 11.4 Å². The molecule has 0 saturated heterocycles. The molecule has 0 aliphatic heterocycles. The molecule has 4 aromatic rings. The normalized spacial score (nSPS) is 11.8. The number of methoxy groups -OCH3 is 1. The summed E-state index contributed by atoms with van der Waals surface area (Å²) in [5.41, 5.74) is 1.86. The van der Waals surface area contributed by atoms with E-state index in [0.29, 0.717) is 33.3 Å². The van der Waals surface area contributed by atoms with Gasteiger partial charge in [-0.05, 0) is 67.1 Å². The van der Waals surface area contributed by atoms with Crippen LogP contribution in [-0.4, -0.2) is 30.1 Å². The SMILES string of the molecule is COc1ccccc1NC(=O)C(C)Sc1cccc(NC(=O)/C(=C\c2cccc(Cl)c2Cl)NC(=O)c2ccccc2)c1. The van der Waals surface area contributed by atoms with Gasteiger partial charge in [-0.15, -0.1) is 11.8 Å². The van der Waals surface area contributed by atoms with Crippen LogP contribution < -0.4 is 20.7 Å². The van der Waals surface area contributed by atoms with Gasteiger partial charge in [0.25, 0.3) is 11.8 Å². The second-order valence-corrected chi connectivity index (χ2v) is 11.2. The Morgan fingerprint density at radius 3 is 2.33 bits per heavy atom. The van der Waals surface area contributed by atoms with Crippen molar-refractivity contribution < 1.29 is 19.1 Å². The number of thioether (sulfide) groups is 1. The standard InChI is InChI=1S/C32H27Cl2N3O4S/c1-20(30(38)36-26-16-6-7-17-28(26)41-2)42-24-14-9-13-23(19-24)35-32(40)27(18-22-12-8-15-25(33)29(22)34)37-31(39)21-10-4-3-5-11-21/h3-20H,1-2H3,(H,35,40)(H,36,38)(H,37,39)/b27-18+. The molecule has 0 aromatic heterocycles. The molecule has 0 fully saturated rings. The Morgan fingerprint density at radius 2 is 1.57 bits per heavy atom. The van der Waals surface area contributed by atoms with Crippen LogP contribution in [0.15, 0.2) is 108 Å². The van der Waals surface area contributed by atoms with Crippen LogP contribution in [-0.2, 0) is 9.59 Å². The Bertz CT molecular complexity index is 1630. The molecule has 42 heavy (non-hydrogen) atoms. The van der Waals surface area contributed by atoms with Gasteiger partial charge in [-0.1, -0.05) is 71.7 Å². The second-order valence-electron chi connectivity index (χ2n) is 8.95. The first-order valence-corrected chi connectivity index (χ1v) is 14.4. The molecule has 4 rings (SSSR count).